The fraction of sp³-hybridized carbons (Fsp3) is 0.556. The lowest BCUT2D eigenvalue weighted by Crippen LogP contribution is -2.25. The van der Waals surface area contributed by atoms with Crippen LogP contribution in [0.15, 0.2) is 0 Å². The van der Waals surface area contributed by atoms with Crippen LogP contribution >= 0.6 is 11.5 Å². The number of carbonyl (C=O) groups is 1. The zero-order chi connectivity index (χ0) is 12.1. The van der Waals surface area contributed by atoms with Crippen LogP contribution in [0.4, 0.5) is 10.8 Å². The molecule has 7 heteroatoms. The van der Waals surface area contributed by atoms with Crippen molar-refractivity contribution in [3.05, 3.63) is 5.56 Å². The van der Waals surface area contributed by atoms with Gasteiger partial charge in [0.25, 0.3) is 5.91 Å². The molecular weight excluding hydrogens is 228 g/mol. The van der Waals surface area contributed by atoms with E-state index in [1.807, 2.05) is 6.92 Å². The summed E-state index contributed by atoms with van der Waals surface area (Å²) < 4.78 is 8.95. The summed E-state index contributed by atoms with van der Waals surface area (Å²) in [5.41, 5.74) is 11.1. The first-order valence-electron chi connectivity index (χ1n) is 4.90. The summed E-state index contributed by atoms with van der Waals surface area (Å²) >= 11 is 1.13. The highest BCUT2D eigenvalue weighted by Crippen LogP contribution is 2.27. The number of nitrogens with two attached hydrogens (primary N) is 2. The Balaban J connectivity index is 2.83. The minimum absolute atomic E-state index is 0.114. The van der Waals surface area contributed by atoms with Gasteiger partial charge in [0.1, 0.15) is 10.6 Å². The Morgan fingerprint density at radius 1 is 1.69 bits per heavy atom. The summed E-state index contributed by atoms with van der Waals surface area (Å²) in [6.45, 7) is 2.57. The molecule has 5 N–H and O–H groups in total. The highest BCUT2D eigenvalue weighted by atomic mass is 32.1. The molecule has 6 nitrogen and oxygen atoms in total. The Bertz CT molecular complexity index is 366. The van der Waals surface area contributed by atoms with Gasteiger partial charge in [0.15, 0.2) is 5.82 Å². The molecule has 0 bridgehead atoms. The van der Waals surface area contributed by atoms with Gasteiger partial charge in [-0.3, -0.25) is 4.79 Å². The molecule has 1 aromatic rings. The van der Waals surface area contributed by atoms with Crippen molar-refractivity contribution in [2.24, 2.45) is 5.73 Å². The third-order valence-electron chi connectivity index (χ3n) is 2.16. The minimum Gasteiger partial charge on any atom is -0.383 e. The number of primary amides is 1. The zero-order valence-corrected chi connectivity index (χ0v) is 10.1. The number of hydrogen-bond donors (Lipinski definition) is 3. The molecule has 0 radical (unpaired) electrons. The van der Waals surface area contributed by atoms with E-state index in [0.29, 0.717) is 11.6 Å². The Morgan fingerprint density at radius 2 is 2.38 bits per heavy atom. The molecule has 0 aliphatic carbocycles. The van der Waals surface area contributed by atoms with E-state index < -0.39 is 5.91 Å². The Hall–Kier alpha value is -1.34. The maximum Gasteiger partial charge on any atom is 0.255 e. The van der Waals surface area contributed by atoms with Gasteiger partial charge in [-0.1, -0.05) is 6.92 Å². The Morgan fingerprint density at radius 3 is 2.88 bits per heavy atom. The SMILES string of the molecule is CCC(COC)Nc1snc(N)c1C(N)=O. The van der Waals surface area contributed by atoms with Crippen molar-refractivity contribution in [1.29, 1.82) is 0 Å². The fourth-order valence-corrected chi connectivity index (χ4v) is 2.08. The standard InChI is InChI=1S/C9H16N4O2S/c1-3-5(4-15-2)12-9-6(8(11)14)7(10)13-16-9/h5,12H,3-4H2,1-2H3,(H2,10,13)(H2,11,14). The van der Waals surface area contributed by atoms with Crippen LogP contribution in [-0.4, -0.2) is 30.0 Å². The summed E-state index contributed by atoms with van der Waals surface area (Å²) in [5, 5.41) is 3.76. The largest absolute Gasteiger partial charge is 0.383 e. The van der Waals surface area contributed by atoms with Crippen molar-refractivity contribution in [1.82, 2.24) is 4.37 Å². The van der Waals surface area contributed by atoms with E-state index >= 15 is 0 Å². The molecule has 1 amide bonds. The van der Waals surface area contributed by atoms with E-state index in [1.165, 1.54) is 0 Å². The molecule has 0 fully saturated rings. The normalized spacial score (nSPS) is 12.4. The second-order valence-corrected chi connectivity index (χ2v) is 4.11. The van der Waals surface area contributed by atoms with Gasteiger partial charge >= 0.3 is 0 Å². The number of anilines is 2. The second kappa shape index (κ2) is 5.66. The average molecular weight is 244 g/mol. The maximum absolute atomic E-state index is 11.2. The first kappa shape index (κ1) is 12.7. The number of amides is 1. The molecule has 0 aliphatic heterocycles. The first-order valence-corrected chi connectivity index (χ1v) is 5.67. The number of nitrogens with zero attached hydrogens (tertiary/aromatic N) is 1. The Labute approximate surface area is 98.1 Å². The number of aromatic nitrogens is 1. The third-order valence-corrected chi connectivity index (χ3v) is 2.95. The highest BCUT2D eigenvalue weighted by Gasteiger charge is 2.18. The summed E-state index contributed by atoms with van der Waals surface area (Å²) in [6, 6.07) is 0.114. The summed E-state index contributed by atoms with van der Waals surface area (Å²) in [4.78, 5) is 11.2. The van der Waals surface area contributed by atoms with Gasteiger partial charge in [-0.25, -0.2) is 0 Å². The van der Waals surface area contributed by atoms with Crippen LogP contribution in [-0.2, 0) is 4.74 Å². The monoisotopic (exact) mass is 244 g/mol. The van der Waals surface area contributed by atoms with Gasteiger partial charge in [0.2, 0.25) is 0 Å². The molecule has 0 aromatic carbocycles. The van der Waals surface area contributed by atoms with Gasteiger partial charge in [-0.15, -0.1) is 0 Å². The fourth-order valence-electron chi connectivity index (χ4n) is 1.29. The molecule has 1 rings (SSSR count). The molecular formula is C9H16N4O2S. The summed E-state index contributed by atoms with van der Waals surface area (Å²) in [7, 11) is 1.63. The quantitative estimate of drug-likeness (QED) is 0.682. The van der Waals surface area contributed by atoms with Crippen LogP contribution in [0.1, 0.15) is 23.7 Å². The predicted octanol–water partition coefficient (Wildman–Crippen LogP) is 0.661. The van der Waals surface area contributed by atoms with E-state index in [0.717, 1.165) is 18.0 Å². The number of hydrogen-bond acceptors (Lipinski definition) is 6. The first-order chi connectivity index (χ1) is 7.60. The molecule has 1 atom stereocenters. The zero-order valence-electron chi connectivity index (χ0n) is 9.32. The smallest absolute Gasteiger partial charge is 0.255 e. The Kier molecular flexibility index (Phi) is 4.51. The lowest BCUT2D eigenvalue weighted by molar-refractivity contribution is 0.100. The predicted molar refractivity (Wildman–Crippen MR) is 64.6 cm³/mol. The van der Waals surface area contributed by atoms with Gasteiger partial charge < -0.3 is 21.5 Å². The molecule has 1 aromatic heterocycles. The van der Waals surface area contributed by atoms with Crippen LogP contribution in [0, 0.1) is 0 Å². The van der Waals surface area contributed by atoms with E-state index in [2.05, 4.69) is 9.69 Å². The number of carbonyl (C=O) groups excluding carboxylic acids is 1. The topological polar surface area (TPSA) is 103 Å². The van der Waals surface area contributed by atoms with E-state index in [4.69, 9.17) is 16.2 Å². The third kappa shape index (κ3) is 2.83. The summed E-state index contributed by atoms with van der Waals surface area (Å²) in [5.74, 6) is -0.395. The highest BCUT2D eigenvalue weighted by molar-refractivity contribution is 7.11. The lowest BCUT2D eigenvalue weighted by atomic mass is 10.2. The van der Waals surface area contributed by atoms with Crippen LogP contribution in [0.2, 0.25) is 0 Å². The van der Waals surface area contributed by atoms with E-state index in [-0.39, 0.29) is 17.4 Å². The molecule has 1 unspecified atom stereocenters. The van der Waals surface area contributed by atoms with Crippen molar-refractivity contribution >= 4 is 28.3 Å². The van der Waals surface area contributed by atoms with E-state index in [9.17, 15) is 4.79 Å². The van der Waals surface area contributed by atoms with Crippen LogP contribution < -0.4 is 16.8 Å². The number of nitrogen functional groups attached to an aromatic ring is 1. The molecule has 16 heavy (non-hydrogen) atoms. The van der Waals surface area contributed by atoms with E-state index in [1.54, 1.807) is 7.11 Å². The van der Waals surface area contributed by atoms with Crippen LogP contribution in [0.25, 0.3) is 0 Å². The molecule has 1 heterocycles. The van der Waals surface area contributed by atoms with Crippen molar-refractivity contribution in [2.75, 3.05) is 24.8 Å². The van der Waals surface area contributed by atoms with Crippen molar-refractivity contribution in [3.8, 4) is 0 Å². The van der Waals surface area contributed by atoms with Crippen molar-refractivity contribution < 1.29 is 9.53 Å². The van der Waals surface area contributed by atoms with Crippen molar-refractivity contribution in [3.63, 3.8) is 0 Å². The number of ether oxygens (including phenoxy) is 1. The van der Waals surface area contributed by atoms with Gasteiger partial charge in [0, 0.05) is 7.11 Å². The number of rotatable bonds is 6. The van der Waals surface area contributed by atoms with Gasteiger partial charge in [-0.05, 0) is 18.0 Å². The molecule has 0 spiro atoms. The molecule has 0 saturated carbocycles. The summed E-state index contributed by atoms with van der Waals surface area (Å²) in [6.07, 6.45) is 0.865. The number of methoxy groups -OCH3 is 1. The van der Waals surface area contributed by atoms with Crippen LogP contribution in [0.3, 0.4) is 0 Å². The maximum atomic E-state index is 11.2. The molecule has 90 valence electrons. The number of nitrogens with one attached hydrogen (secondary N) is 1. The molecule has 0 saturated heterocycles. The van der Waals surface area contributed by atoms with Gasteiger partial charge in [0.05, 0.1) is 12.6 Å². The van der Waals surface area contributed by atoms with Gasteiger partial charge in [-0.2, -0.15) is 4.37 Å². The second-order valence-electron chi connectivity index (χ2n) is 3.34. The minimum atomic E-state index is -0.569. The lowest BCUT2D eigenvalue weighted by Gasteiger charge is -2.16. The van der Waals surface area contributed by atoms with Crippen molar-refractivity contribution in [2.45, 2.75) is 19.4 Å². The molecule has 0 aliphatic rings. The average Bonchev–Trinajstić information content (AvgIpc) is 2.59. The van der Waals surface area contributed by atoms with Crippen LogP contribution in [0.5, 0.6) is 0 Å².